The molecule has 0 spiro atoms. The van der Waals surface area contributed by atoms with Crippen molar-refractivity contribution < 1.29 is 8.42 Å². The number of benzene rings is 1. The van der Waals surface area contributed by atoms with Crippen LogP contribution in [0.15, 0.2) is 24.3 Å². The minimum atomic E-state index is -3.22. The number of aryl methyl sites for hydroxylation is 1. The molecule has 0 aliphatic heterocycles. The summed E-state index contributed by atoms with van der Waals surface area (Å²) < 4.78 is 25.9. The number of hydrogen-bond donors (Lipinski definition) is 0. The lowest BCUT2D eigenvalue weighted by atomic mass is 10.1. The van der Waals surface area contributed by atoms with Crippen LogP contribution in [0.25, 0.3) is 0 Å². The normalized spacial score (nSPS) is 16.2. The van der Waals surface area contributed by atoms with Gasteiger partial charge in [0.15, 0.2) is 0 Å². The lowest BCUT2D eigenvalue weighted by Gasteiger charge is -2.21. The average molecular weight is 288 g/mol. The Hall–Kier alpha value is -0.580. The molecule has 1 aromatic rings. The third kappa shape index (κ3) is 3.46. The highest BCUT2D eigenvalue weighted by molar-refractivity contribution is 7.89. The highest BCUT2D eigenvalue weighted by Crippen LogP contribution is 2.31. The monoisotopic (exact) mass is 287 g/mol. The maximum atomic E-state index is 12.1. The highest BCUT2D eigenvalue weighted by Gasteiger charge is 2.36. The number of halogens is 1. The largest absolute Gasteiger partial charge is 0.215 e. The Labute approximate surface area is 114 Å². The Kier molecular flexibility index (Phi) is 4.30. The molecule has 0 unspecified atom stereocenters. The molecule has 3 nitrogen and oxygen atoms in total. The van der Waals surface area contributed by atoms with Gasteiger partial charge in [0.05, 0.1) is 5.75 Å². The molecule has 0 atom stereocenters. The van der Waals surface area contributed by atoms with Crippen LogP contribution in [-0.4, -0.2) is 30.4 Å². The summed E-state index contributed by atoms with van der Waals surface area (Å²) in [5, 5.41) is 0. The maximum absolute atomic E-state index is 12.1. The van der Waals surface area contributed by atoms with Crippen molar-refractivity contribution in [2.45, 2.75) is 32.4 Å². The van der Waals surface area contributed by atoms with E-state index in [1.165, 1.54) is 0 Å². The van der Waals surface area contributed by atoms with Crippen LogP contribution in [0.2, 0.25) is 0 Å². The molecule has 18 heavy (non-hydrogen) atoms. The number of hydrogen-bond acceptors (Lipinski definition) is 2. The summed E-state index contributed by atoms with van der Waals surface area (Å²) in [4.78, 5) is 0. The Balaban J connectivity index is 2.17. The van der Waals surface area contributed by atoms with E-state index in [0.717, 1.165) is 24.0 Å². The van der Waals surface area contributed by atoms with Crippen LogP contribution in [0.1, 0.15) is 24.0 Å². The first-order valence-corrected chi connectivity index (χ1v) is 8.28. The fourth-order valence-corrected chi connectivity index (χ4v) is 4.05. The zero-order chi connectivity index (χ0) is 13.2. The molecule has 1 aliphatic carbocycles. The molecule has 0 N–H and O–H groups in total. The van der Waals surface area contributed by atoms with Crippen LogP contribution in [0, 0.1) is 6.92 Å². The van der Waals surface area contributed by atoms with Gasteiger partial charge in [0.25, 0.3) is 0 Å². The van der Waals surface area contributed by atoms with Crippen LogP contribution in [0.3, 0.4) is 0 Å². The molecular formula is C13H18ClNO2S. The third-order valence-corrected chi connectivity index (χ3v) is 5.34. The zero-order valence-electron chi connectivity index (χ0n) is 10.5. The van der Waals surface area contributed by atoms with Crippen molar-refractivity contribution in [1.29, 1.82) is 0 Å². The van der Waals surface area contributed by atoms with Gasteiger partial charge >= 0.3 is 0 Å². The van der Waals surface area contributed by atoms with Crippen molar-refractivity contribution >= 4 is 21.6 Å². The lowest BCUT2D eigenvalue weighted by molar-refractivity contribution is 0.399. The Morgan fingerprint density at radius 3 is 2.67 bits per heavy atom. The molecule has 1 saturated carbocycles. The standard InChI is InChI=1S/C13H18ClNO2S/c1-11-3-2-4-12(9-11)10-15(13-5-6-13)18(16,17)8-7-14/h2-4,9,13H,5-8,10H2,1H3. The first kappa shape index (κ1) is 13.8. The second kappa shape index (κ2) is 5.59. The van der Waals surface area contributed by atoms with Crippen molar-refractivity contribution in [3.05, 3.63) is 35.4 Å². The average Bonchev–Trinajstić information content (AvgIpc) is 3.09. The van der Waals surface area contributed by atoms with E-state index in [9.17, 15) is 8.42 Å². The summed E-state index contributed by atoms with van der Waals surface area (Å²) in [6.45, 7) is 2.48. The molecular weight excluding hydrogens is 270 g/mol. The molecule has 0 heterocycles. The van der Waals surface area contributed by atoms with E-state index in [4.69, 9.17) is 11.6 Å². The second-order valence-electron chi connectivity index (χ2n) is 4.77. The van der Waals surface area contributed by atoms with Crippen LogP contribution in [-0.2, 0) is 16.6 Å². The molecule has 1 aliphatic rings. The van der Waals surface area contributed by atoms with Crippen LogP contribution in [0.4, 0.5) is 0 Å². The highest BCUT2D eigenvalue weighted by atomic mass is 35.5. The first-order valence-electron chi connectivity index (χ1n) is 6.14. The zero-order valence-corrected chi connectivity index (χ0v) is 12.0. The smallest absolute Gasteiger partial charge is 0.212 e. The fourth-order valence-electron chi connectivity index (χ4n) is 2.02. The van der Waals surface area contributed by atoms with Gasteiger partial charge in [-0.05, 0) is 25.3 Å². The number of nitrogens with zero attached hydrogens (tertiary/aromatic N) is 1. The Bertz CT molecular complexity index is 511. The van der Waals surface area contributed by atoms with Gasteiger partial charge < -0.3 is 0 Å². The van der Waals surface area contributed by atoms with Crippen molar-refractivity contribution in [2.75, 3.05) is 11.6 Å². The molecule has 0 saturated heterocycles. The molecule has 2 rings (SSSR count). The second-order valence-corrected chi connectivity index (χ2v) is 7.19. The molecule has 0 radical (unpaired) electrons. The maximum Gasteiger partial charge on any atom is 0.215 e. The van der Waals surface area contributed by atoms with Gasteiger partial charge in [0.1, 0.15) is 0 Å². The lowest BCUT2D eigenvalue weighted by Crippen LogP contribution is -2.35. The summed E-state index contributed by atoms with van der Waals surface area (Å²) in [5.41, 5.74) is 2.19. The quantitative estimate of drug-likeness (QED) is 0.754. The molecule has 0 bridgehead atoms. The molecule has 0 amide bonds. The minimum Gasteiger partial charge on any atom is -0.212 e. The number of sulfonamides is 1. The summed E-state index contributed by atoms with van der Waals surface area (Å²) >= 11 is 5.58. The van der Waals surface area contributed by atoms with Crippen LogP contribution < -0.4 is 0 Å². The van der Waals surface area contributed by atoms with Crippen molar-refractivity contribution in [3.63, 3.8) is 0 Å². The predicted octanol–water partition coefficient (Wildman–Crippen LogP) is 2.53. The minimum absolute atomic E-state index is 0.0247. The summed E-state index contributed by atoms with van der Waals surface area (Å²) in [6.07, 6.45) is 1.93. The topological polar surface area (TPSA) is 37.4 Å². The number of rotatable bonds is 6. The molecule has 5 heteroatoms. The van der Waals surface area contributed by atoms with Crippen molar-refractivity contribution in [2.24, 2.45) is 0 Å². The van der Waals surface area contributed by atoms with Crippen LogP contribution in [0.5, 0.6) is 0 Å². The van der Waals surface area contributed by atoms with Gasteiger partial charge in [-0.3, -0.25) is 0 Å². The van der Waals surface area contributed by atoms with E-state index in [0.29, 0.717) is 6.54 Å². The Morgan fingerprint density at radius 2 is 2.11 bits per heavy atom. The van der Waals surface area contributed by atoms with Gasteiger partial charge in [-0.15, -0.1) is 11.6 Å². The van der Waals surface area contributed by atoms with Gasteiger partial charge in [-0.2, -0.15) is 4.31 Å². The molecule has 100 valence electrons. The van der Waals surface area contributed by atoms with Gasteiger partial charge in [0.2, 0.25) is 10.0 Å². The van der Waals surface area contributed by atoms with Gasteiger partial charge in [0, 0.05) is 18.5 Å². The molecule has 0 aromatic heterocycles. The predicted molar refractivity (Wildman–Crippen MR) is 74.3 cm³/mol. The third-order valence-electron chi connectivity index (χ3n) is 3.07. The molecule has 1 fully saturated rings. The number of alkyl halides is 1. The summed E-state index contributed by atoms with van der Waals surface area (Å²) in [6, 6.07) is 8.16. The van der Waals surface area contributed by atoms with Crippen molar-refractivity contribution in [1.82, 2.24) is 4.31 Å². The Morgan fingerprint density at radius 1 is 1.39 bits per heavy atom. The van der Waals surface area contributed by atoms with Gasteiger partial charge in [-0.25, -0.2) is 8.42 Å². The fraction of sp³-hybridized carbons (Fsp3) is 0.538. The SMILES string of the molecule is Cc1cccc(CN(C2CC2)S(=O)(=O)CCCl)c1. The van der Waals surface area contributed by atoms with E-state index in [-0.39, 0.29) is 17.7 Å². The first-order chi connectivity index (χ1) is 8.53. The van der Waals surface area contributed by atoms with Crippen molar-refractivity contribution in [3.8, 4) is 0 Å². The van der Waals surface area contributed by atoms with Gasteiger partial charge in [-0.1, -0.05) is 29.8 Å². The van der Waals surface area contributed by atoms with E-state index in [1.54, 1.807) is 4.31 Å². The van der Waals surface area contributed by atoms with E-state index in [2.05, 4.69) is 0 Å². The van der Waals surface area contributed by atoms with Crippen LogP contribution >= 0.6 is 11.6 Å². The summed E-state index contributed by atoms with van der Waals surface area (Å²) in [5.74, 6) is 0.177. The summed E-state index contributed by atoms with van der Waals surface area (Å²) in [7, 11) is -3.22. The molecule has 1 aromatic carbocycles. The van der Waals surface area contributed by atoms with E-state index >= 15 is 0 Å². The van der Waals surface area contributed by atoms with E-state index in [1.807, 2.05) is 31.2 Å². The van der Waals surface area contributed by atoms with E-state index < -0.39 is 10.0 Å².